The Labute approximate surface area is 51.3 Å². The highest BCUT2D eigenvalue weighted by molar-refractivity contribution is 5.82. The van der Waals surface area contributed by atoms with Gasteiger partial charge in [-0.05, 0) is 0 Å². The lowest BCUT2D eigenvalue weighted by Crippen LogP contribution is -1.88. The summed E-state index contributed by atoms with van der Waals surface area (Å²) in [7, 11) is 0. The Morgan fingerprint density at radius 2 is 1.89 bits per heavy atom. The lowest BCUT2D eigenvalue weighted by Gasteiger charge is -1.75. The maximum absolute atomic E-state index is 9.75. The first-order valence-electron chi connectivity index (χ1n) is 1.95. The van der Waals surface area contributed by atoms with E-state index in [1.165, 1.54) is 12.1 Å². The van der Waals surface area contributed by atoms with Crippen molar-refractivity contribution in [2.75, 3.05) is 0 Å². The van der Waals surface area contributed by atoms with Crippen molar-refractivity contribution in [1.82, 2.24) is 0 Å². The molecule has 0 aliphatic heterocycles. The molecular weight excluding hydrogens is 120 g/mol. The predicted octanol–water partition coefficient (Wildman–Crippen LogP) is 0.0446. The Morgan fingerprint density at radius 3 is 2.00 bits per heavy atom. The molecule has 4 nitrogen and oxygen atoms in total. The molecule has 0 heterocycles. The maximum atomic E-state index is 9.75. The number of rotatable bonds is 1. The van der Waals surface area contributed by atoms with Crippen molar-refractivity contribution in [2.24, 2.45) is 0 Å². The van der Waals surface area contributed by atoms with E-state index in [2.05, 4.69) is 0 Å². The van der Waals surface area contributed by atoms with Crippen molar-refractivity contribution < 1.29 is 9.90 Å². The van der Waals surface area contributed by atoms with Crippen LogP contribution in [-0.2, 0) is 4.79 Å². The molecule has 4 heteroatoms. The quantitative estimate of drug-likeness (QED) is 0.393. The van der Waals surface area contributed by atoms with Gasteiger partial charge in [0.05, 0.1) is 6.08 Å². The van der Waals surface area contributed by atoms with Gasteiger partial charge in [0.1, 0.15) is 17.7 Å². The fraction of sp³-hybridized carbons (Fsp3) is 0. The summed E-state index contributed by atoms with van der Waals surface area (Å²) in [5, 5.41) is 23.9. The summed E-state index contributed by atoms with van der Waals surface area (Å²) >= 11 is 0. The van der Waals surface area contributed by atoms with Crippen LogP contribution in [0.2, 0.25) is 0 Å². The summed E-state index contributed by atoms with van der Waals surface area (Å²) in [4.78, 5) is 9.75. The summed E-state index contributed by atoms with van der Waals surface area (Å²) < 4.78 is 0. The zero-order valence-corrected chi connectivity index (χ0v) is 4.33. The van der Waals surface area contributed by atoms with Gasteiger partial charge in [-0.1, -0.05) is 0 Å². The fourth-order valence-electron chi connectivity index (χ4n) is 0.213. The second-order valence-corrected chi connectivity index (χ2v) is 1.12. The highest BCUT2D eigenvalue weighted by atomic mass is 16.4. The van der Waals surface area contributed by atoms with E-state index >= 15 is 0 Å². The van der Waals surface area contributed by atoms with Crippen LogP contribution in [0.4, 0.5) is 0 Å². The summed E-state index contributed by atoms with van der Waals surface area (Å²) in [6.45, 7) is 0. The number of nitriles is 2. The number of allylic oxidation sites excluding steroid dienone is 1. The average molecular weight is 122 g/mol. The molecule has 0 aromatic carbocycles. The van der Waals surface area contributed by atoms with Gasteiger partial charge in [-0.25, -0.2) is 4.79 Å². The molecule has 1 N–H and O–H groups in total. The van der Waals surface area contributed by atoms with Gasteiger partial charge in [-0.3, -0.25) is 0 Å². The molecule has 0 amide bonds. The Morgan fingerprint density at radius 1 is 1.44 bits per heavy atom. The first kappa shape index (κ1) is 7.19. The van der Waals surface area contributed by atoms with Crippen LogP contribution in [0.15, 0.2) is 11.6 Å². The molecule has 9 heavy (non-hydrogen) atoms. The molecule has 0 aromatic heterocycles. The highest BCUT2D eigenvalue weighted by Crippen LogP contribution is 1.86. The average Bonchev–Trinajstić information content (AvgIpc) is 1.82. The fourth-order valence-corrected chi connectivity index (χ4v) is 0.213. The zero-order valence-electron chi connectivity index (χ0n) is 4.33. The first-order chi connectivity index (χ1) is 4.20. The molecule has 0 rings (SSSR count). The molecule has 0 atom stereocenters. The molecule has 0 aliphatic carbocycles. The van der Waals surface area contributed by atoms with E-state index < -0.39 is 11.5 Å². The molecule has 0 saturated carbocycles. The molecule has 0 spiro atoms. The van der Waals surface area contributed by atoms with Crippen LogP contribution in [0, 0.1) is 22.7 Å². The van der Waals surface area contributed by atoms with E-state index in [0.717, 1.165) is 0 Å². The molecule has 0 radical (unpaired) electrons. The van der Waals surface area contributed by atoms with Crippen molar-refractivity contribution in [2.45, 2.75) is 0 Å². The number of aliphatic carboxylic acids is 1. The van der Waals surface area contributed by atoms with Crippen LogP contribution < -0.4 is 0 Å². The SMILES string of the molecule is N#CC(C#N)=CC(=O)O. The lowest BCUT2D eigenvalue weighted by atomic mass is 10.3. The number of nitrogens with zero attached hydrogens (tertiary/aromatic N) is 2. The number of carboxylic acid groups (broad SMARTS) is 1. The van der Waals surface area contributed by atoms with Crippen molar-refractivity contribution in [3.63, 3.8) is 0 Å². The molecule has 0 aromatic rings. The highest BCUT2D eigenvalue weighted by Gasteiger charge is 1.94. The predicted molar refractivity (Wildman–Crippen MR) is 26.9 cm³/mol. The van der Waals surface area contributed by atoms with E-state index in [9.17, 15) is 4.79 Å². The van der Waals surface area contributed by atoms with E-state index in [4.69, 9.17) is 15.6 Å². The summed E-state index contributed by atoms with van der Waals surface area (Å²) in [5.74, 6) is -1.28. The maximum Gasteiger partial charge on any atom is 0.330 e. The topological polar surface area (TPSA) is 84.9 Å². The molecule has 0 aliphatic rings. The molecule has 44 valence electrons. The molecular formula is C5H2N2O2. The van der Waals surface area contributed by atoms with E-state index in [0.29, 0.717) is 6.08 Å². The Kier molecular flexibility index (Phi) is 2.58. The Balaban J connectivity index is 4.37. The van der Waals surface area contributed by atoms with Crippen molar-refractivity contribution in [3.05, 3.63) is 11.6 Å². The van der Waals surface area contributed by atoms with Crippen LogP contribution in [0.25, 0.3) is 0 Å². The van der Waals surface area contributed by atoms with Crippen molar-refractivity contribution >= 4 is 5.97 Å². The van der Waals surface area contributed by atoms with E-state index in [-0.39, 0.29) is 0 Å². The second-order valence-electron chi connectivity index (χ2n) is 1.12. The second kappa shape index (κ2) is 3.23. The molecule has 0 bridgehead atoms. The lowest BCUT2D eigenvalue weighted by molar-refractivity contribution is -0.131. The van der Waals surface area contributed by atoms with Crippen LogP contribution in [-0.4, -0.2) is 11.1 Å². The van der Waals surface area contributed by atoms with Crippen molar-refractivity contribution in [3.8, 4) is 12.1 Å². The van der Waals surface area contributed by atoms with Crippen LogP contribution >= 0.6 is 0 Å². The number of hydrogen-bond acceptors (Lipinski definition) is 3. The van der Waals surface area contributed by atoms with Gasteiger partial charge in [0, 0.05) is 0 Å². The summed E-state index contributed by atoms with van der Waals surface area (Å²) in [6.07, 6.45) is 0.556. The number of carbonyl (C=O) groups is 1. The van der Waals surface area contributed by atoms with Gasteiger partial charge >= 0.3 is 5.97 Å². The number of hydrogen-bond donors (Lipinski definition) is 1. The Bertz CT molecular complexity index is 212. The first-order valence-corrected chi connectivity index (χ1v) is 1.95. The van der Waals surface area contributed by atoms with E-state index in [1.807, 2.05) is 0 Å². The zero-order chi connectivity index (χ0) is 7.28. The monoisotopic (exact) mass is 122 g/mol. The van der Waals surface area contributed by atoms with Gasteiger partial charge in [-0.2, -0.15) is 10.5 Å². The van der Waals surface area contributed by atoms with Gasteiger partial charge in [0.2, 0.25) is 0 Å². The number of carboxylic acids is 1. The standard InChI is InChI=1S/C5H2N2O2/c6-2-4(3-7)1-5(8)9/h1H,(H,8,9). The van der Waals surface area contributed by atoms with Crippen molar-refractivity contribution in [1.29, 1.82) is 10.5 Å². The molecule has 0 saturated heterocycles. The van der Waals surface area contributed by atoms with Gasteiger partial charge in [-0.15, -0.1) is 0 Å². The molecule has 0 unspecified atom stereocenters. The van der Waals surface area contributed by atoms with Crippen LogP contribution in [0.3, 0.4) is 0 Å². The smallest absolute Gasteiger partial charge is 0.330 e. The minimum absolute atomic E-state index is 0.400. The van der Waals surface area contributed by atoms with Gasteiger partial charge in [0.25, 0.3) is 0 Å². The van der Waals surface area contributed by atoms with Crippen LogP contribution in [0.1, 0.15) is 0 Å². The molecule has 0 fully saturated rings. The Hall–Kier alpha value is -1.81. The summed E-state index contributed by atoms with van der Waals surface area (Å²) in [6, 6.07) is 2.80. The minimum atomic E-state index is -1.28. The third-order valence-electron chi connectivity index (χ3n) is 0.509. The minimum Gasteiger partial charge on any atom is -0.478 e. The van der Waals surface area contributed by atoms with E-state index in [1.54, 1.807) is 0 Å². The third-order valence-corrected chi connectivity index (χ3v) is 0.509. The van der Waals surface area contributed by atoms with Gasteiger partial charge in [0.15, 0.2) is 0 Å². The van der Waals surface area contributed by atoms with Crippen LogP contribution in [0.5, 0.6) is 0 Å². The summed E-state index contributed by atoms with van der Waals surface area (Å²) in [5.41, 5.74) is -0.400. The largest absolute Gasteiger partial charge is 0.478 e. The third kappa shape index (κ3) is 2.84. The normalized spacial score (nSPS) is 6.44. The van der Waals surface area contributed by atoms with Gasteiger partial charge < -0.3 is 5.11 Å².